The molecule has 10 nitrogen and oxygen atoms in total. The summed E-state index contributed by atoms with van der Waals surface area (Å²) in [5.41, 5.74) is 3.30. The number of fused-ring (bicyclic) bond motifs is 1. The Kier molecular flexibility index (Phi) is 9.15. The highest BCUT2D eigenvalue weighted by atomic mass is 32.2. The van der Waals surface area contributed by atoms with Gasteiger partial charge in [0.05, 0.1) is 36.3 Å². The molecule has 5 heterocycles. The molecule has 224 valence electrons. The quantitative estimate of drug-likeness (QED) is 0.360. The monoisotopic (exact) mass is 602 g/mol. The van der Waals surface area contributed by atoms with Crippen molar-refractivity contribution in [1.82, 2.24) is 24.8 Å². The molecule has 0 amide bonds. The van der Waals surface area contributed by atoms with Crippen LogP contribution < -0.4 is 9.64 Å². The number of nitrogens with zero attached hydrogens (tertiary/aromatic N) is 6. The lowest BCUT2D eigenvalue weighted by molar-refractivity contribution is 0.104. The summed E-state index contributed by atoms with van der Waals surface area (Å²) in [7, 11) is 0.450. The van der Waals surface area contributed by atoms with E-state index >= 15 is 0 Å². The van der Waals surface area contributed by atoms with Gasteiger partial charge >= 0.3 is 0 Å². The molecule has 0 spiro atoms. The topological polar surface area (TPSA) is 101 Å². The van der Waals surface area contributed by atoms with Crippen molar-refractivity contribution in [1.29, 1.82) is 0 Å². The third kappa shape index (κ3) is 6.83. The minimum atomic E-state index is -3.29. The van der Waals surface area contributed by atoms with E-state index in [2.05, 4.69) is 47.5 Å². The SMILES string of the molecule is COc1ncc(-c2nc(N3CCOCC3)c3sc(CN4CCC(N(C)C(C)C)CC4)c(C)c3n2)cc1CS(C)(=O)=O. The van der Waals surface area contributed by atoms with E-state index in [1.807, 2.05) is 0 Å². The first kappa shape index (κ1) is 30.1. The summed E-state index contributed by atoms with van der Waals surface area (Å²) in [6, 6.07) is 2.99. The average molecular weight is 603 g/mol. The number of likely N-dealkylation sites (tertiary alicyclic amines) is 1. The average Bonchev–Trinajstić information content (AvgIpc) is 3.26. The minimum Gasteiger partial charge on any atom is -0.481 e. The van der Waals surface area contributed by atoms with Crippen molar-refractivity contribution in [2.24, 2.45) is 0 Å². The Bertz CT molecular complexity index is 1480. The molecule has 2 fully saturated rings. The Morgan fingerprint density at radius 2 is 1.88 bits per heavy atom. The van der Waals surface area contributed by atoms with Gasteiger partial charge in [0.25, 0.3) is 0 Å². The maximum Gasteiger partial charge on any atom is 0.217 e. The van der Waals surface area contributed by atoms with Gasteiger partial charge in [-0.3, -0.25) is 4.90 Å². The van der Waals surface area contributed by atoms with Crippen molar-refractivity contribution in [3.63, 3.8) is 0 Å². The highest BCUT2D eigenvalue weighted by molar-refractivity contribution is 7.89. The van der Waals surface area contributed by atoms with Crippen LogP contribution in [0, 0.1) is 6.92 Å². The molecule has 0 atom stereocenters. The van der Waals surface area contributed by atoms with E-state index in [0.29, 0.717) is 48.1 Å². The van der Waals surface area contributed by atoms with Gasteiger partial charge in [-0.15, -0.1) is 11.3 Å². The molecule has 0 aromatic carbocycles. The summed E-state index contributed by atoms with van der Waals surface area (Å²) in [6.45, 7) is 12.6. The van der Waals surface area contributed by atoms with Crippen LogP contribution >= 0.6 is 11.3 Å². The van der Waals surface area contributed by atoms with E-state index in [1.54, 1.807) is 23.6 Å². The van der Waals surface area contributed by atoms with E-state index in [-0.39, 0.29) is 5.75 Å². The number of hydrogen-bond donors (Lipinski definition) is 0. The van der Waals surface area contributed by atoms with Gasteiger partial charge in [0.2, 0.25) is 5.88 Å². The van der Waals surface area contributed by atoms with Crippen LogP contribution in [0.2, 0.25) is 0 Å². The van der Waals surface area contributed by atoms with Crippen LogP contribution in [0.15, 0.2) is 12.3 Å². The van der Waals surface area contributed by atoms with Gasteiger partial charge in [-0.1, -0.05) is 0 Å². The molecule has 0 bridgehead atoms. The van der Waals surface area contributed by atoms with Crippen LogP contribution in [-0.4, -0.2) is 105 Å². The Hall–Kier alpha value is -2.38. The number of anilines is 1. The predicted molar refractivity (Wildman–Crippen MR) is 165 cm³/mol. The van der Waals surface area contributed by atoms with Crippen molar-refractivity contribution in [2.75, 3.05) is 64.7 Å². The summed E-state index contributed by atoms with van der Waals surface area (Å²) in [5, 5.41) is 0. The number of hydrogen-bond acceptors (Lipinski definition) is 11. The van der Waals surface area contributed by atoms with Crippen molar-refractivity contribution in [2.45, 2.75) is 58.0 Å². The largest absolute Gasteiger partial charge is 0.481 e. The second-order valence-electron chi connectivity index (χ2n) is 11.5. The zero-order valence-electron chi connectivity index (χ0n) is 25.0. The van der Waals surface area contributed by atoms with Crippen molar-refractivity contribution >= 4 is 37.2 Å². The van der Waals surface area contributed by atoms with Crippen LogP contribution in [0.3, 0.4) is 0 Å². The van der Waals surface area contributed by atoms with Crippen LogP contribution in [0.25, 0.3) is 21.6 Å². The number of ether oxygens (including phenoxy) is 2. The predicted octanol–water partition coefficient (Wildman–Crippen LogP) is 3.76. The minimum absolute atomic E-state index is 0.166. The number of thiophene rings is 1. The lowest BCUT2D eigenvalue weighted by Gasteiger charge is -2.38. The van der Waals surface area contributed by atoms with Crippen molar-refractivity contribution in [3.05, 3.63) is 28.3 Å². The molecule has 12 heteroatoms. The van der Waals surface area contributed by atoms with Crippen molar-refractivity contribution < 1.29 is 17.9 Å². The van der Waals surface area contributed by atoms with Gasteiger partial charge in [0, 0.05) is 73.3 Å². The second kappa shape index (κ2) is 12.5. The smallest absolute Gasteiger partial charge is 0.217 e. The number of rotatable bonds is 9. The van der Waals surface area contributed by atoms with Crippen LogP contribution in [0.4, 0.5) is 5.82 Å². The molecule has 0 radical (unpaired) electrons. The van der Waals surface area contributed by atoms with Gasteiger partial charge in [0.1, 0.15) is 0 Å². The summed E-state index contributed by atoms with van der Waals surface area (Å²) < 4.78 is 36.3. The first-order valence-electron chi connectivity index (χ1n) is 14.3. The zero-order valence-corrected chi connectivity index (χ0v) is 26.6. The van der Waals surface area contributed by atoms with Gasteiger partial charge in [-0.25, -0.2) is 23.4 Å². The molecule has 0 N–H and O–H groups in total. The molecule has 41 heavy (non-hydrogen) atoms. The fourth-order valence-corrected chi connectivity index (χ4v) is 7.76. The third-order valence-corrected chi connectivity index (χ3v) is 10.4. The maximum atomic E-state index is 12.1. The molecular formula is C29H42N6O4S2. The highest BCUT2D eigenvalue weighted by Gasteiger charge is 2.27. The number of piperidine rings is 1. The molecule has 3 aromatic rings. The van der Waals surface area contributed by atoms with Gasteiger partial charge in [-0.2, -0.15) is 0 Å². The van der Waals surface area contributed by atoms with E-state index < -0.39 is 9.84 Å². The fourth-order valence-electron chi connectivity index (χ4n) is 5.69. The highest BCUT2D eigenvalue weighted by Crippen LogP contribution is 2.38. The van der Waals surface area contributed by atoms with Gasteiger partial charge in [-0.05, 0) is 52.3 Å². The van der Waals surface area contributed by atoms with E-state index in [0.717, 1.165) is 48.8 Å². The Morgan fingerprint density at radius 3 is 2.51 bits per heavy atom. The third-order valence-electron chi connectivity index (χ3n) is 8.27. The van der Waals surface area contributed by atoms with Crippen LogP contribution in [0.1, 0.15) is 42.7 Å². The Morgan fingerprint density at radius 1 is 1.17 bits per heavy atom. The first-order valence-corrected chi connectivity index (χ1v) is 17.2. The number of sulfone groups is 1. The molecule has 2 aliphatic heterocycles. The lowest BCUT2D eigenvalue weighted by atomic mass is 10.0. The lowest BCUT2D eigenvalue weighted by Crippen LogP contribution is -2.45. The van der Waals surface area contributed by atoms with Crippen LogP contribution in [0.5, 0.6) is 5.88 Å². The molecule has 0 saturated carbocycles. The maximum absolute atomic E-state index is 12.1. The van der Waals surface area contributed by atoms with Crippen LogP contribution in [-0.2, 0) is 26.9 Å². The molecule has 2 aliphatic rings. The molecule has 0 unspecified atom stereocenters. The number of methoxy groups -OCH3 is 1. The van der Waals surface area contributed by atoms with Crippen molar-refractivity contribution in [3.8, 4) is 17.3 Å². The van der Waals surface area contributed by atoms with E-state index in [9.17, 15) is 8.42 Å². The van der Waals surface area contributed by atoms with Gasteiger partial charge < -0.3 is 19.3 Å². The molecular weight excluding hydrogens is 560 g/mol. The normalized spacial score (nSPS) is 17.7. The first-order chi connectivity index (χ1) is 19.5. The standard InChI is InChI=1S/C29H42N6O4S2/c1-19(2)33(4)23-7-9-34(10-8-23)17-24-20(3)25-26(40-24)28(35-11-13-39-14-12-35)32-27(31-25)21-15-22(18-41(6,36)37)29(38-5)30-16-21/h15-16,19,23H,7-14,17-18H2,1-6H3. The summed E-state index contributed by atoms with van der Waals surface area (Å²) in [5.74, 6) is 1.58. The molecule has 5 rings (SSSR count). The Balaban J connectivity index is 1.50. The number of morpholine rings is 1. The number of aromatic nitrogens is 3. The number of aryl methyl sites for hydroxylation is 1. The summed E-state index contributed by atoms with van der Waals surface area (Å²) in [4.78, 5) is 23.2. The fraction of sp³-hybridized carbons (Fsp3) is 0.621. The summed E-state index contributed by atoms with van der Waals surface area (Å²) in [6.07, 6.45) is 5.24. The second-order valence-corrected chi connectivity index (χ2v) is 14.8. The molecule has 0 aliphatic carbocycles. The van der Waals surface area contributed by atoms with E-state index in [4.69, 9.17) is 19.4 Å². The molecule has 3 aromatic heterocycles. The van der Waals surface area contributed by atoms with Gasteiger partial charge in [0.15, 0.2) is 21.5 Å². The van der Waals surface area contributed by atoms with E-state index in [1.165, 1.54) is 36.6 Å². The molecule has 2 saturated heterocycles. The summed E-state index contributed by atoms with van der Waals surface area (Å²) >= 11 is 1.80. The zero-order chi connectivity index (χ0) is 29.3. The number of pyridine rings is 1. The Labute approximate surface area is 247 Å².